The first-order valence-electron chi connectivity index (χ1n) is 5.93. The van der Waals surface area contributed by atoms with E-state index < -0.39 is 0 Å². The van der Waals surface area contributed by atoms with Crippen LogP contribution < -0.4 is 5.56 Å². The molecule has 0 atom stereocenters. The molecule has 3 aromatic rings. The van der Waals surface area contributed by atoms with E-state index in [0.29, 0.717) is 16.3 Å². The van der Waals surface area contributed by atoms with Gasteiger partial charge in [0.1, 0.15) is 4.70 Å². The Labute approximate surface area is 119 Å². The largest absolute Gasteiger partial charge is 0.298 e. The zero-order valence-electron chi connectivity index (χ0n) is 10.3. The molecule has 0 fully saturated rings. The molecule has 3 nitrogen and oxygen atoms in total. The Kier molecular flexibility index (Phi) is 3.12. The molecule has 19 heavy (non-hydrogen) atoms. The highest BCUT2D eigenvalue weighted by Gasteiger charge is 2.12. The van der Waals surface area contributed by atoms with Crippen molar-refractivity contribution in [3.8, 4) is 11.1 Å². The molecule has 3 rings (SSSR count). The van der Waals surface area contributed by atoms with Crippen LogP contribution >= 0.6 is 22.9 Å². The van der Waals surface area contributed by atoms with Crippen molar-refractivity contribution in [1.82, 2.24) is 9.55 Å². The van der Waals surface area contributed by atoms with Gasteiger partial charge in [-0.15, -0.1) is 11.3 Å². The van der Waals surface area contributed by atoms with Crippen LogP contribution in [-0.4, -0.2) is 9.55 Å². The highest BCUT2D eigenvalue weighted by molar-refractivity contribution is 7.17. The Morgan fingerprint density at radius 1 is 1.42 bits per heavy atom. The molecule has 0 aliphatic rings. The molecule has 5 heteroatoms. The molecule has 96 valence electrons. The number of benzene rings is 1. The smallest absolute Gasteiger partial charge is 0.271 e. The van der Waals surface area contributed by atoms with Crippen LogP contribution in [0.2, 0.25) is 5.02 Å². The first-order chi connectivity index (χ1) is 9.20. The number of hydrogen-bond acceptors (Lipinski definition) is 3. The molecule has 2 heterocycles. The number of thiophene rings is 1. The summed E-state index contributed by atoms with van der Waals surface area (Å²) in [5.41, 5.74) is 2.72. The van der Waals surface area contributed by atoms with Crippen molar-refractivity contribution in [2.45, 2.75) is 13.5 Å². The van der Waals surface area contributed by atoms with Gasteiger partial charge in [0, 0.05) is 22.5 Å². The molecular weight excluding hydrogens is 280 g/mol. The number of nitrogens with zero attached hydrogens (tertiary/aromatic N) is 2. The molecule has 2 aromatic heterocycles. The topological polar surface area (TPSA) is 34.9 Å². The summed E-state index contributed by atoms with van der Waals surface area (Å²) in [5.74, 6) is 0. The van der Waals surface area contributed by atoms with Crippen molar-refractivity contribution in [1.29, 1.82) is 0 Å². The van der Waals surface area contributed by atoms with Gasteiger partial charge in [-0.05, 0) is 24.6 Å². The lowest BCUT2D eigenvalue weighted by Gasteiger charge is -2.02. The second-order valence-electron chi connectivity index (χ2n) is 4.17. The molecule has 0 saturated heterocycles. The van der Waals surface area contributed by atoms with Crippen molar-refractivity contribution in [2.24, 2.45) is 0 Å². The zero-order valence-corrected chi connectivity index (χ0v) is 11.8. The second-order valence-corrected chi connectivity index (χ2v) is 5.49. The number of aryl methyl sites for hydroxylation is 1. The van der Waals surface area contributed by atoms with Gasteiger partial charge < -0.3 is 0 Å². The van der Waals surface area contributed by atoms with Crippen molar-refractivity contribution in [3.05, 3.63) is 51.3 Å². The number of fused-ring (bicyclic) bond motifs is 1. The van der Waals surface area contributed by atoms with Gasteiger partial charge in [0.25, 0.3) is 5.56 Å². The van der Waals surface area contributed by atoms with Crippen LogP contribution in [0.1, 0.15) is 6.92 Å². The molecule has 0 radical (unpaired) electrons. The quantitative estimate of drug-likeness (QED) is 0.719. The summed E-state index contributed by atoms with van der Waals surface area (Å²) >= 11 is 7.44. The normalized spacial score (nSPS) is 11.1. The average molecular weight is 291 g/mol. The van der Waals surface area contributed by atoms with Gasteiger partial charge in [0.15, 0.2) is 0 Å². The van der Waals surface area contributed by atoms with Crippen LogP contribution in [0.4, 0.5) is 0 Å². The number of rotatable bonds is 2. The Balaban J connectivity index is 2.27. The van der Waals surface area contributed by atoms with E-state index in [9.17, 15) is 4.79 Å². The van der Waals surface area contributed by atoms with E-state index >= 15 is 0 Å². The predicted molar refractivity (Wildman–Crippen MR) is 80.0 cm³/mol. The van der Waals surface area contributed by atoms with E-state index in [-0.39, 0.29) is 5.56 Å². The highest BCUT2D eigenvalue weighted by atomic mass is 35.5. The van der Waals surface area contributed by atoms with Crippen molar-refractivity contribution in [3.63, 3.8) is 0 Å². The summed E-state index contributed by atoms with van der Waals surface area (Å²) in [6.45, 7) is 2.56. The zero-order chi connectivity index (χ0) is 13.4. The third-order valence-electron chi connectivity index (χ3n) is 3.02. The van der Waals surface area contributed by atoms with Crippen LogP contribution in [0, 0.1) is 0 Å². The maximum atomic E-state index is 12.2. The van der Waals surface area contributed by atoms with E-state index in [4.69, 9.17) is 11.6 Å². The predicted octanol–water partition coefficient (Wildman–Crippen LogP) is 3.80. The highest BCUT2D eigenvalue weighted by Crippen LogP contribution is 2.31. The molecule has 0 aliphatic heterocycles. The fourth-order valence-corrected chi connectivity index (χ4v) is 3.19. The van der Waals surface area contributed by atoms with E-state index in [0.717, 1.165) is 16.6 Å². The minimum atomic E-state index is 0.0192. The maximum absolute atomic E-state index is 12.2. The van der Waals surface area contributed by atoms with Gasteiger partial charge in [0.2, 0.25) is 0 Å². The van der Waals surface area contributed by atoms with Crippen LogP contribution in [0.25, 0.3) is 21.3 Å². The molecule has 0 unspecified atom stereocenters. The van der Waals surface area contributed by atoms with Gasteiger partial charge in [-0.25, -0.2) is 4.98 Å². The van der Waals surface area contributed by atoms with Crippen LogP contribution in [0.15, 0.2) is 40.8 Å². The summed E-state index contributed by atoms with van der Waals surface area (Å²) in [7, 11) is 0. The summed E-state index contributed by atoms with van der Waals surface area (Å²) in [6.07, 6.45) is 1.60. The monoisotopic (exact) mass is 290 g/mol. The van der Waals surface area contributed by atoms with Crippen LogP contribution in [0.5, 0.6) is 0 Å². The lowest BCUT2D eigenvalue weighted by molar-refractivity contribution is 0.719. The number of hydrogen-bond donors (Lipinski definition) is 0. The van der Waals surface area contributed by atoms with Crippen molar-refractivity contribution < 1.29 is 0 Å². The molecule has 0 bridgehead atoms. The SMILES string of the molecule is CCn1cnc2c(-c3cccc(Cl)c3)csc2c1=O. The Morgan fingerprint density at radius 2 is 2.26 bits per heavy atom. The van der Waals surface area contributed by atoms with E-state index in [1.54, 1.807) is 10.9 Å². The van der Waals surface area contributed by atoms with E-state index in [1.165, 1.54) is 11.3 Å². The van der Waals surface area contributed by atoms with Crippen molar-refractivity contribution >= 4 is 33.2 Å². The van der Waals surface area contributed by atoms with Crippen molar-refractivity contribution in [2.75, 3.05) is 0 Å². The van der Waals surface area contributed by atoms with Gasteiger partial charge >= 0.3 is 0 Å². The summed E-state index contributed by atoms with van der Waals surface area (Å²) < 4.78 is 2.31. The first-order valence-corrected chi connectivity index (χ1v) is 7.19. The average Bonchev–Trinajstić information content (AvgIpc) is 2.84. The molecule has 0 N–H and O–H groups in total. The Bertz CT molecular complexity index is 807. The summed E-state index contributed by atoms with van der Waals surface area (Å²) in [4.78, 5) is 16.6. The molecule has 0 spiro atoms. The van der Waals surface area contributed by atoms with E-state index in [2.05, 4.69) is 4.98 Å². The van der Waals surface area contributed by atoms with Crippen LogP contribution in [-0.2, 0) is 6.54 Å². The molecule has 0 amide bonds. The molecule has 0 aliphatic carbocycles. The maximum Gasteiger partial charge on any atom is 0.271 e. The summed E-state index contributed by atoms with van der Waals surface area (Å²) in [6, 6.07) is 7.59. The minimum Gasteiger partial charge on any atom is -0.298 e. The van der Waals surface area contributed by atoms with Gasteiger partial charge in [-0.2, -0.15) is 0 Å². The van der Waals surface area contributed by atoms with Crippen LogP contribution in [0.3, 0.4) is 0 Å². The molecular formula is C14H11ClN2OS. The third-order valence-corrected chi connectivity index (χ3v) is 4.21. The van der Waals surface area contributed by atoms with Gasteiger partial charge in [-0.1, -0.05) is 23.7 Å². The Morgan fingerprint density at radius 3 is 3.00 bits per heavy atom. The lowest BCUT2D eigenvalue weighted by Crippen LogP contribution is -2.18. The fourth-order valence-electron chi connectivity index (χ4n) is 2.03. The van der Waals surface area contributed by atoms with Gasteiger partial charge in [-0.3, -0.25) is 9.36 Å². The first kappa shape index (κ1) is 12.4. The molecule has 0 saturated carbocycles. The Hall–Kier alpha value is -1.65. The summed E-state index contributed by atoms with van der Waals surface area (Å²) in [5, 5.41) is 2.64. The standard InChI is InChI=1S/C14H11ClN2OS/c1-2-17-8-16-12-11(7-19-13(12)14(17)18)9-4-3-5-10(15)6-9/h3-8H,2H2,1H3. The minimum absolute atomic E-state index is 0.0192. The fraction of sp³-hybridized carbons (Fsp3) is 0.143. The molecule has 1 aromatic carbocycles. The number of aromatic nitrogens is 2. The second kappa shape index (κ2) is 4.79. The third kappa shape index (κ3) is 2.07. The lowest BCUT2D eigenvalue weighted by atomic mass is 10.1. The van der Waals surface area contributed by atoms with E-state index in [1.807, 2.05) is 36.6 Å². The number of halogens is 1. The van der Waals surface area contributed by atoms with Gasteiger partial charge in [0.05, 0.1) is 11.8 Å².